The van der Waals surface area contributed by atoms with Crippen molar-refractivity contribution in [2.24, 2.45) is 0 Å². The van der Waals surface area contributed by atoms with Crippen molar-refractivity contribution in [1.82, 2.24) is 5.32 Å². The Morgan fingerprint density at radius 2 is 1.83 bits per heavy atom. The van der Waals surface area contributed by atoms with E-state index in [4.69, 9.17) is 0 Å². The van der Waals surface area contributed by atoms with Crippen LogP contribution >= 0.6 is 0 Å². The van der Waals surface area contributed by atoms with Crippen LogP contribution < -0.4 is 10.6 Å². The van der Waals surface area contributed by atoms with Crippen molar-refractivity contribution in [2.45, 2.75) is 53.0 Å². The lowest BCUT2D eigenvalue weighted by Gasteiger charge is -2.18. The van der Waals surface area contributed by atoms with Gasteiger partial charge in [0.25, 0.3) is 0 Å². The maximum absolute atomic E-state index is 10.9. The standard InChI is InChI=1S/C9H10N2O.C6H14/c1-6-2-3-8-7(4-6)5-10-9(12)11-8;1-3-5-6-4-2/h2-4H,5H2,1H3,(H2,10,11,12);3-6H2,1-2H3. The number of carbonyl (C=O) groups is 1. The largest absolute Gasteiger partial charge is 0.334 e. The highest BCUT2D eigenvalue weighted by Gasteiger charge is 2.12. The van der Waals surface area contributed by atoms with E-state index in [0.29, 0.717) is 6.54 Å². The minimum atomic E-state index is -0.119. The van der Waals surface area contributed by atoms with Crippen LogP contribution in [0.5, 0.6) is 0 Å². The highest BCUT2D eigenvalue weighted by molar-refractivity contribution is 5.92. The summed E-state index contributed by atoms with van der Waals surface area (Å²) in [6.07, 6.45) is 5.54. The molecule has 0 spiro atoms. The first-order valence-electron chi connectivity index (χ1n) is 6.81. The lowest BCUT2D eigenvalue weighted by Crippen LogP contribution is -2.33. The molecule has 1 aliphatic rings. The van der Waals surface area contributed by atoms with Crippen LogP contribution in [0.15, 0.2) is 18.2 Å². The highest BCUT2D eigenvalue weighted by atomic mass is 16.2. The third-order valence-corrected chi connectivity index (χ3v) is 2.91. The molecular weight excluding hydrogens is 224 g/mol. The summed E-state index contributed by atoms with van der Waals surface area (Å²) in [5.41, 5.74) is 3.28. The van der Waals surface area contributed by atoms with Crippen LogP contribution in [0.1, 0.15) is 50.7 Å². The molecule has 3 heteroatoms. The second kappa shape index (κ2) is 7.75. The van der Waals surface area contributed by atoms with Gasteiger partial charge in [0.2, 0.25) is 0 Å². The molecule has 100 valence electrons. The number of anilines is 1. The topological polar surface area (TPSA) is 41.1 Å². The summed E-state index contributed by atoms with van der Waals surface area (Å²) >= 11 is 0. The molecule has 1 aromatic carbocycles. The van der Waals surface area contributed by atoms with Gasteiger partial charge in [0.1, 0.15) is 0 Å². The van der Waals surface area contributed by atoms with E-state index in [9.17, 15) is 4.79 Å². The molecule has 0 radical (unpaired) electrons. The van der Waals surface area contributed by atoms with Gasteiger partial charge in [0.05, 0.1) is 0 Å². The van der Waals surface area contributed by atoms with Crippen molar-refractivity contribution < 1.29 is 4.79 Å². The second-order valence-electron chi connectivity index (χ2n) is 4.68. The number of unbranched alkanes of at least 4 members (excludes halogenated alkanes) is 3. The van der Waals surface area contributed by atoms with Gasteiger partial charge in [-0.1, -0.05) is 57.2 Å². The van der Waals surface area contributed by atoms with Gasteiger partial charge in [-0.3, -0.25) is 0 Å². The van der Waals surface area contributed by atoms with Crippen LogP contribution in [-0.2, 0) is 6.54 Å². The molecule has 0 fully saturated rings. The van der Waals surface area contributed by atoms with Crippen molar-refractivity contribution in [3.63, 3.8) is 0 Å². The summed E-state index contributed by atoms with van der Waals surface area (Å²) in [5.74, 6) is 0. The van der Waals surface area contributed by atoms with E-state index in [0.717, 1.165) is 11.3 Å². The molecule has 2 rings (SSSR count). The average molecular weight is 248 g/mol. The second-order valence-corrected chi connectivity index (χ2v) is 4.68. The summed E-state index contributed by atoms with van der Waals surface area (Å²) in [4.78, 5) is 10.9. The first kappa shape index (κ1) is 14.6. The van der Waals surface area contributed by atoms with E-state index < -0.39 is 0 Å². The zero-order chi connectivity index (χ0) is 13.4. The summed E-state index contributed by atoms with van der Waals surface area (Å²) in [5, 5.41) is 5.45. The molecule has 1 heterocycles. The predicted octanol–water partition coefficient (Wildman–Crippen LogP) is 4.22. The fourth-order valence-corrected chi connectivity index (χ4v) is 1.83. The molecule has 2 amide bonds. The van der Waals surface area contributed by atoms with Gasteiger partial charge in [0, 0.05) is 12.2 Å². The normalized spacial score (nSPS) is 12.7. The molecule has 18 heavy (non-hydrogen) atoms. The zero-order valence-corrected chi connectivity index (χ0v) is 11.7. The molecule has 2 N–H and O–H groups in total. The Kier molecular flexibility index (Phi) is 6.26. The van der Waals surface area contributed by atoms with Gasteiger partial charge in [0.15, 0.2) is 0 Å². The Morgan fingerprint density at radius 3 is 2.44 bits per heavy atom. The number of carbonyl (C=O) groups excluding carboxylic acids is 1. The molecular formula is C15H24N2O. The molecule has 1 aromatic rings. The smallest absolute Gasteiger partial charge is 0.319 e. The quantitative estimate of drug-likeness (QED) is 0.773. The maximum atomic E-state index is 10.9. The number of hydrogen-bond donors (Lipinski definition) is 2. The summed E-state index contributed by atoms with van der Waals surface area (Å²) in [7, 11) is 0. The van der Waals surface area contributed by atoms with Crippen molar-refractivity contribution in [2.75, 3.05) is 5.32 Å². The van der Waals surface area contributed by atoms with Crippen LogP contribution in [-0.4, -0.2) is 6.03 Å². The molecule has 0 bridgehead atoms. The number of hydrogen-bond acceptors (Lipinski definition) is 1. The Morgan fingerprint density at radius 1 is 1.17 bits per heavy atom. The molecule has 0 saturated carbocycles. The van der Waals surface area contributed by atoms with E-state index >= 15 is 0 Å². The monoisotopic (exact) mass is 248 g/mol. The number of benzene rings is 1. The van der Waals surface area contributed by atoms with Gasteiger partial charge < -0.3 is 10.6 Å². The summed E-state index contributed by atoms with van der Waals surface area (Å²) in [6, 6.07) is 5.88. The molecule has 0 saturated heterocycles. The Balaban J connectivity index is 0.000000232. The molecule has 0 unspecified atom stereocenters. The fraction of sp³-hybridized carbons (Fsp3) is 0.533. The lowest BCUT2D eigenvalue weighted by molar-refractivity contribution is 0.251. The molecule has 3 nitrogen and oxygen atoms in total. The van der Waals surface area contributed by atoms with Crippen LogP contribution in [0.25, 0.3) is 0 Å². The minimum absolute atomic E-state index is 0.119. The first-order valence-corrected chi connectivity index (χ1v) is 6.81. The highest BCUT2D eigenvalue weighted by Crippen LogP contribution is 2.19. The zero-order valence-electron chi connectivity index (χ0n) is 11.7. The van der Waals surface area contributed by atoms with E-state index in [2.05, 4.69) is 30.5 Å². The third-order valence-electron chi connectivity index (χ3n) is 2.91. The SMILES string of the molecule is CCCCCC.Cc1ccc2c(c1)CNC(=O)N2. The van der Waals surface area contributed by atoms with E-state index in [-0.39, 0.29) is 6.03 Å². The number of aryl methyl sites for hydroxylation is 1. The van der Waals surface area contributed by atoms with Crippen LogP contribution in [0.2, 0.25) is 0 Å². The minimum Gasteiger partial charge on any atom is -0.334 e. The number of nitrogens with one attached hydrogen (secondary N) is 2. The van der Waals surface area contributed by atoms with Gasteiger partial charge in [-0.25, -0.2) is 4.79 Å². The van der Waals surface area contributed by atoms with Crippen LogP contribution in [0.4, 0.5) is 10.5 Å². The van der Waals surface area contributed by atoms with Crippen molar-refractivity contribution in [3.8, 4) is 0 Å². The number of urea groups is 1. The van der Waals surface area contributed by atoms with Gasteiger partial charge >= 0.3 is 6.03 Å². The summed E-state index contributed by atoms with van der Waals surface area (Å²) < 4.78 is 0. The lowest BCUT2D eigenvalue weighted by atomic mass is 10.1. The molecule has 1 aliphatic heterocycles. The average Bonchev–Trinajstić information content (AvgIpc) is 2.37. The number of fused-ring (bicyclic) bond motifs is 1. The molecule has 0 aromatic heterocycles. The number of rotatable bonds is 3. The van der Waals surface area contributed by atoms with Crippen molar-refractivity contribution >= 4 is 11.7 Å². The third kappa shape index (κ3) is 4.78. The Hall–Kier alpha value is -1.51. The van der Waals surface area contributed by atoms with Gasteiger partial charge in [-0.15, -0.1) is 0 Å². The number of amides is 2. The van der Waals surface area contributed by atoms with Crippen LogP contribution in [0.3, 0.4) is 0 Å². The first-order chi connectivity index (χ1) is 8.67. The van der Waals surface area contributed by atoms with Gasteiger partial charge in [-0.2, -0.15) is 0 Å². The van der Waals surface area contributed by atoms with Crippen molar-refractivity contribution in [3.05, 3.63) is 29.3 Å². The van der Waals surface area contributed by atoms with Crippen molar-refractivity contribution in [1.29, 1.82) is 0 Å². The van der Waals surface area contributed by atoms with E-state index in [1.54, 1.807) is 0 Å². The van der Waals surface area contributed by atoms with E-state index in [1.165, 1.54) is 31.2 Å². The summed E-state index contributed by atoms with van der Waals surface area (Å²) in [6.45, 7) is 7.13. The maximum Gasteiger partial charge on any atom is 0.319 e. The molecule has 0 atom stereocenters. The van der Waals surface area contributed by atoms with Crippen LogP contribution in [0, 0.1) is 6.92 Å². The fourth-order valence-electron chi connectivity index (χ4n) is 1.83. The Labute approximate surface area is 110 Å². The molecule has 0 aliphatic carbocycles. The predicted molar refractivity (Wildman–Crippen MR) is 76.9 cm³/mol. The van der Waals surface area contributed by atoms with E-state index in [1.807, 2.05) is 19.1 Å². The van der Waals surface area contributed by atoms with Gasteiger partial charge in [-0.05, 0) is 18.6 Å². The Bertz CT molecular complexity index is 384.